The molecule has 0 N–H and O–H groups in total. The van der Waals surface area contributed by atoms with Crippen molar-refractivity contribution >= 4 is 53.6 Å². The van der Waals surface area contributed by atoms with Gasteiger partial charge in [-0.1, -0.05) is 54.7 Å². The zero-order chi connectivity index (χ0) is 10.6. The van der Waals surface area contributed by atoms with Gasteiger partial charge in [-0.25, -0.2) is 0 Å². The molecule has 4 atom stereocenters. The van der Waals surface area contributed by atoms with Crippen LogP contribution in [0.2, 0.25) is 0 Å². The van der Waals surface area contributed by atoms with E-state index in [-0.39, 0.29) is 15.7 Å². The molecule has 0 heterocycles. The van der Waals surface area contributed by atoms with Gasteiger partial charge in [-0.05, 0) is 24.2 Å². The summed E-state index contributed by atoms with van der Waals surface area (Å²) in [5, 5.41) is 1.73. The van der Waals surface area contributed by atoms with Crippen molar-refractivity contribution in [2.24, 2.45) is 16.7 Å². The predicted octanol–water partition coefficient (Wildman–Crippen LogP) is 3.53. The largest absolute Gasteiger partial charge is 0.298 e. The summed E-state index contributed by atoms with van der Waals surface area (Å²) in [6.07, 6.45) is 2.22. The Morgan fingerprint density at radius 2 is 2.07 bits per heavy atom. The molecular formula is C10H13Br3O. The first-order valence-corrected chi connectivity index (χ1v) is 8.00. The van der Waals surface area contributed by atoms with Crippen LogP contribution < -0.4 is 0 Å². The second-order valence-corrected chi connectivity index (χ2v) is 6.79. The molecule has 2 rings (SSSR count). The topological polar surface area (TPSA) is 17.1 Å². The maximum absolute atomic E-state index is 12.2. The summed E-state index contributed by atoms with van der Waals surface area (Å²) in [7, 11) is 0. The molecule has 2 aliphatic carbocycles. The molecule has 0 saturated heterocycles. The van der Waals surface area contributed by atoms with Crippen LogP contribution in [0.1, 0.15) is 19.8 Å². The van der Waals surface area contributed by atoms with Crippen LogP contribution in [0.4, 0.5) is 0 Å². The normalized spacial score (nSPS) is 51.6. The molecule has 0 aromatic carbocycles. The van der Waals surface area contributed by atoms with Crippen LogP contribution in [0.3, 0.4) is 0 Å². The van der Waals surface area contributed by atoms with Crippen molar-refractivity contribution < 1.29 is 4.79 Å². The average Bonchev–Trinajstić information content (AvgIpc) is 2.57. The molecule has 2 aliphatic rings. The summed E-state index contributed by atoms with van der Waals surface area (Å²) in [6.45, 7) is 2.25. The van der Waals surface area contributed by atoms with Gasteiger partial charge in [0.15, 0.2) is 5.78 Å². The lowest BCUT2D eigenvalue weighted by Crippen LogP contribution is -2.41. The number of carbonyl (C=O) groups excluding carboxylic acids is 1. The lowest BCUT2D eigenvalue weighted by Gasteiger charge is -2.36. The van der Waals surface area contributed by atoms with Gasteiger partial charge in [0.2, 0.25) is 0 Å². The highest BCUT2D eigenvalue weighted by Gasteiger charge is 2.68. The molecule has 2 bridgehead atoms. The van der Waals surface area contributed by atoms with E-state index >= 15 is 0 Å². The summed E-state index contributed by atoms with van der Waals surface area (Å²) >= 11 is 10.7. The molecule has 0 aromatic rings. The van der Waals surface area contributed by atoms with Crippen molar-refractivity contribution in [3.63, 3.8) is 0 Å². The Morgan fingerprint density at radius 3 is 2.50 bits per heavy atom. The molecule has 14 heavy (non-hydrogen) atoms. The maximum atomic E-state index is 12.2. The van der Waals surface area contributed by atoms with Crippen LogP contribution in [-0.2, 0) is 4.79 Å². The first-order valence-electron chi connectivity index (χ1n) is 4.84. The minimum atomic E-state index is -0.130. The van der Waals surface area contributed by atoms with Gasteiger partial charge in [0.25, 0.3) is 0 Å². The molecule has 4 heteroatoms. The Kier molecular flexibility index (Phi) is 2.95. The number of hydrogen-bond acceptors (Lipinski definition) is 1. The summed E-state index contributed by atoms with van der Waals surface area (Å²) in [5.41, 5.74) is -0.00289. The molecule has 0 aromatic heterocycles. The average molecular weight is 389 g/mol. The highest BCUT2D eigenvalue weighted by atomic mass is 79.9. The van der Waals surface area contributed by atoms with Crippen molar-refractivity contribution in [1.82, 2.24) is 0 Å². The quantitative estimate of drug-likeness (QED) is 0.661. The van der Waals surface area contributed by atoms with Crippen LogP contribution in [0.15, 0.2) is 0 Å². The number of Topliss-reactive ketones (excluding diaryl/α,β-unsaturated/α-hetero) is 1. The van der Waals surface area contributed by atoms with Crippen molar-refractivity contribution in [3.8, 4) is 0 Å². The number of ketones is 1. The van der Waals surface area contributed by atoms with Crippen molar-refractivity contribution in [2.75, 3.05) is 10.7 Å². The number of carbonyl (C=O) groups is 1. The number of alkyl halides is 3. The Labute approximate surface area is 110 Å². The van der Waals surface area contributed by atoms with E-state index in [9.17, 15) is 4.79 Å². The zero-order valence-electron chi connectivity index (χ0n) is 8.03. The van der Waals surface area contributed by atoms with E-state index in [1.54, 1.807) is 0 Å². The monoisotopic (exact) mass is 386 g/mol. The molecule has 0 amide bonds. The van der Waals surface area contributed by atoms with Crippen molar-refractivity contribution in [1.29, 1.82) is 0 Å². The van der Waals surface area contributed by atoms with E-state index in [4.69, 9.17) is 0 Å². The van der Waals surface area contributed by atoms with Crippen LogP contribution in [0, 0.1) is 16.7 Å². The molecule has 1 nitrogen and oxygen atoms in total. The molecule has 2 fully saturated rings. The maximum Gasteiger partial charge on any atom is 0.154 e. The number of rotatable bonds is 2. The summed E-state index contributed by atoms with van der Waals surface area (Å²) in [5.74, 6) is 0.916. The Bertz CT molecular complexity index is 281. The second kappa shape index (κ2) is 3.56. The molecule has 80 valence electrons. The molecule has 2 saturated carbocycles. The fourth-order valence-corrected chi connectivity index (χ4v) is 6.63. The van der Waals surface area contributed by atoms with E-state index in [0.29, 0.717) is 11.7 Å². The van der Waals surface area contributed by atoms with Gasteiger partial charge in [-0.3, -0.25) is 4.79 Å². The highest BCUT2D eigenvalue weighted by Crippen LogP contribution is 2.66. The first-order chi connectivity index (χ1) is 6.53. The van der Waals surface area contributed by atoms with Crippen LogP contribution in [0.25, 0.3) is 0 Å². The molecule has 0 spiro atoms. The fourth-order valence-electron chi connectivity index (χ4n) is 3.19. The number of hydrogen-bond donors (Lipinski definition) is 0. The first kappa shape index (κ1) is 11.6. The van der Waals surface area contributed by atoms with Gasteiger partial charge in [0.1, 0.15) is 0 Å². The zero-order valence-corrected chi connectivity index (χ0v) is 12.8. The second-order valence-electron chi connectivity index (χ2n) is 4.68. The molecule has 0 unspecified atom stereocenters. The third-order valence-corrected chi connectivity index (χ3v) is 7.55. The lowest BCUT2D eigenvalue weighted by atomic mass is 9.70. The van der Waals surface area contributed by atoms with E-state index in [1.165, 1.54) is 6.42 Å². The van der Waals surface area contributed by atoms with Gasteiger partial charge in [0, 0.05) is 16.1 Å². The SMILES string of the molecule is C[C@]1(CBr)[C@@H]2CC[C@]1(CBr)C(=O)[C@@H]2Br. The lowest BCUT2D eigenvalue weighted by molar-refractivity contribution is -0.127. The van der Waals surface area contributed by atoms with E-state index < -0.39 is 0 Å². The highest BCUT2D eigenvalue weighted by molar-refractivity contribution is 9.10. The molecule has 0 radical (unpaired) electrons. The van der Waals surface area contributed by atoms with Crippen molar-refractivity contribution in [2.45, 2.75) is 24.6 Å². The summed E-state index contributed by atoms with van der Waals surface area (Å²) < 4.78 is 0. The standard InChI is InChI=1S/C10H13Br3O/c1-9(4-11)6-2-3-10(9,5-12)8(14)7(6)13/h6-7H,2-5H2,1H3/t6-,7-,9+,10+/m1/s1. The third kappa shape index (κ3) is 1.08. The summed E-state index contributed by atoms with van der Waals surface area (Å²) in [4.78, 5) is 12.3. The van der Waals surface area contributed by atoms with Gasteiger partial charge in [0.05, 0.1) is 4.83 Å². The van der Waals surface area contributed by atoms with E-state index in [1.807, 2.05) is 0 Å². The molecule has 0 aliphatic heterocycles. The van der Waals surface area contributed by atoms with Gasteiger partial charge in [-0.15, -0.1) is 0 Å². The third-order valence-electron chi connectivity index (χ3n) is 4.37. The Morgan fingerprint density at radius 1 is 1.43 bits per heavy atom. The number of fused-ring (bicyclic) bond motifs is 2. The van der Waals surface area contributed by atoms with E-state index in [2.05, 4.69) is 54.7 Å². The van der Waals surface area contributed by atoms with Gasteiger partial charge >= 0.3 is 0 Å². The van der Waals surface area contributed by atoms with Crippen LogP contribution in [0.5, 0.6) is 0 Å². The Hall–Kier alpha value is 1.11. The minimum absolute atomic E-state index is 0.0800. The fraction of sp³-hybridized carbons (Fsp3) is 0.900. The number of halogens is 3. The van der Waals surface area contributed by atoms with Gasteiger partial charge in [-0.2, -0.15) is 0 Å². The Balaban J connectivity index is 2.50. The van der Waals surface area contributed by atoms with Crippen molar-refractivity contribution in [3.05, 3.63) is 0 Å². The van der Waals surface area contributed by atoms with E-state index in [0.717, 1.165) is 17.1 Å². The predicted molar refractivity (Wildman–Crippen MR) is 68.6 cm³/mol. The van der Waals surface area contributed by atoms with Crippen LogP contribution >= 0.6 is 47.8 Å². The molecular weight excluding hydrogens is 376 g/mol. The van der Waals surface area contributed by atoms with Gasteiger partial charge < -0.3 is 0 Å². The summed E-state index contributed by atoms with van der Waals surface area (Å²) in [6, 6.07) is 0. The minimum Gasteiger partial charge on any atom is -0.298 e. The smallest absolute Gasteiger partial charge is 0.154 e. The van der Waals surface area contributed by atoms with Crippen LogP contribution in [-0.4, -0.2) is 21.3 Å².